The fraction of sp³-hybridized carbons (Fsp3) is 0.533. The van der Waals surface area contributed by atoms with Crippen molar-refractivity contribution < 1.29 is 38.6 Å². The van der Waals surface area contributed by atoms with E-state index in [9.17, 15) is 24.6 Å². The highest BCUT2D eigenvalue weighted by molar-refractivity contribution is 6.34. The summed E-state index contributed by atoms with van der Waals surface area (Å²) < 4.78 is 17.3. The molecule has 1 aromatic carbocycles. The minimum absolute atomic E-state index is 0.0503. The molecule has 1 heterocycles. The van der Waals surface area contributed by atoms with Crippen LogP contribution in [0.5, 0.6) is 11.6 Å². The summed E-state index contributed by atoms with van der Waals surface area (Å²) in [6, 6.07) is 0.769. The summed E-state index contributed by atoms with van der Waals surface area (Å²) in [5.74, 6) is -3.22. The van der Waals surface area contributed by atoms with Gasteiger partial charge < -0.3 is 24.2 Å². The molecule has 11 heteroatoms. The first-order valence-corrected chi connectivity index (χ1v) is 14.5. The van der Waals surface area contributed by atoms with Crippen LogP contribution in [-0.2, 0) is 11.2 Å². The lowest BCUT2D eigenvalue weighted by molar-refractivity contribution is -0.142. The highest BCUT2D eigenvalue weighted by Gasteiger charge is 2.65. The lowest BCUT2D eigenvalue weighted by Crippen LogP contribution is -2.63. The van der Waals surface area contributed by atoms with E-state index >= 15 is 0 Å². The van der Waals surface area contributed by atoms with Gasteiger partial charge in [0.1, 0.15) is 17.1 Å². The molecule has 3 aliphatic rings. The smallest absolute Gasteiger partial charge is 0.265 e. The molecule has 41 heavy (non-hydrogen) atoms. The second-order valence-electron chi connectivity index (χ2n) is 11.2. The monoisotopic (exact) mass is 586 g/mol. The third kappa shape index (κ3) is 4.47. The number of benzene rings is 1. The fourth-order valence-electron chi connectivity index (χ4n) is 6.41. The van der Waals surface area contributed by atoms with Crippen LogP contribution in [0.25, 0.3) is 5.76 Å². The van der Waals surface area contributed by atoms with Crippen molar-refractivity contribution in [2.24, 2.45) is 11.8 Å². The summed E-state index contributed by atoms with van der Waals surface area (Å²) >= 11 is 6.63. The molecule has 2 aromatic rings. The number of aromatic nitrogens is 1. The molecule has 4 atom stereocenters. The van der Waals surface area contributed by atoms with Gasteiger partial charge in [-0.15, -0.1) is 0 Å². The molecule has 0 saturated heterocycles. The zero-order chi connectivity index (χ0) is 29.6. The summed E-state index contributed by atoms with van der Waals surface area (Å²) in [7, 11) is 3.53. The number of rotatable bonds is 10. The predicted molar refractivity (Wildman–Crippen MR) is 150 cm³/mol. The fourth-order valence-corrected chi connectivity index (χ4v) is 6.69. The van der Waals surface area contributed by atoms with Gasteiger partial charge in [-0.3, -0.25) is 19.3 Å². The molecular weight excluding hydrogens is 552 g/mol. The van der Waals surface area contributed by atoms with Gasteiger partial charge in [-0.05, 0) is 62.5 Å². The lowest BCUT2D eigenvalue weighted by atomic mass is 9.57. The molecule has 0 spiro atoms. The van der Waals surface area contributed by atoms with Gasteiger partial charge in [0, 0.05) is 17.1 Å². The summed E-state index contributed by atoms with van der Waals surface area (Å²) in [5.41, 5.74) is -1.67. The van der Waals surface area contributed by atoms with E-state index in [0.29, 0.717) is 25.1 Å². The Hall–Kier alpha value is -3.21. The van der Waals surface area contributed by atoms with Crippen molar-refractivity contribution in [3.63, 3.8) is 0 Å². The number of hydrogen-bond acceptors (Lipinski definition) is 10. The molecule has 10 nitrogen and oxygen atoms in total. The topological polar surface area (TPSA) is 139 Å². The summed E-state index contributed by atoms with van der Waals surface area (Å²) in [6.45, 7) is 4.62. The van der Waals surface area contributed by atoms with Crippen molar-refractivity contribution in [3.8, 4) is 11.6 Å². The number of hydrogen-bond donors (Lipinski definition) is 2. The molecule has 1 saturated carbocycles. The van der Waals surface area contributed by atoms with Crippen molar-refractivity contribution in [2.45, 2.75) is 64.0 Å². The van der Waals surface area contributed by atoms with Crippen molar-refractivity contribution >= 4 is 35.2 Å². The Morgan fingerprint density at radius 1 is 1.15 bits per heavy atom. The van der Waals surface area contributed by atoms with E-state index in [2.05, 4.69) is 5.16 Å². The molecule has 0 aliphatic heterocycles. The van der Waals surface area contributed by atoms with E-state index in [-0.39, 0.29) is 57.5 Å². The van der Waals surface area contributed by atoms with Crippen LogP contribution in [0.3, 0.4) is 0 Å². The zero-order valence-electron chi connectivity index (χ0n) is 23.7. The molecule has 2 N–H and O–H groups in total. The lowest BCUT2D eigenvalue weighted by Gasteiger charge is -2.49. The number of carbonyl (C=O) groups excluding carboxylic acids is 3. The number of unbranched alkanes of at least 4 members (excludes halogenated alkanes) is 2. The van der Waals surface area contributed by atoms with E-state index in [1.807, 2.05) is 13.8 Å². The zero-order valence-corrected chi connectivity index (χ0v) is 24.4. The van der Waals surface area contributed by atoms with Crippen LogP contribution in [0.1, 0.15) is 89.6 Å². The number of carbonyl (C=O) groups is 3. The minimum Gasteiger partial charge on any atom is -0.507 e. The Labute approximate surface area is 243 Å². The van der Waals surface area contributed by atoms with Gasteiger partial charge in [0.15, 0.2) is 17.6 Å². The first-order valence-electron chi connectivity index (χ1n) is 14.1. The standard InChI is InChI=1S/C30H35ClN2O8/c1-5-7-9-39-19-13-16(14-34)23(31)17-11-15-12-18-24(33(3)4)26-22(29(32-41-26)40-10-8-6-2)28(37)30(18,38)27(36)20(15)25(35)21(17)19/h13-15,18,24,35,38H,5-12H2,1-4H3/t15-,18-,24-,30-/m0/s1. The number of aliphatic hydroxyl groups excluding tert-OH is 1. The molecule has 0 amide bonds. The van der Waals surface area contributed by atoms with Gasteiger partial charge in [0.25, 0.3) is 5.88 Å². The Kier molecular flexibility index (Phi) is 8.02. The van der Waals surface area contributed by atoms with Crippen LogP contribution in [-0.4, -0.2) is 71.0 Å². The van der Waals surface area contributed by atoms with E-state index in [4.69, 9.17) is 25.6 Å². The number of halogens is 1. The maximum Gasteiger partial charge on any atom is 0.265 e. The van der Waals surface area contributed by atoms with Gasteiger partial charge in [-0.1, -0.05) is 38.3 Å². The van der Waals surface area contributed by atoms with Crippen LogP contribution in [0, 0.1) is 11.8 Å². The maximum absolute atomic E-state index is 14.3. The van der Waals surface area contributed by atoms with Gasteiger partial charge >= 0.3 is 0 Å². The number of Topliss-reactive ketones (excluding diaryl/α,β-unsaturated/α-hetero) is 2. The molecule has 3 aliphatic carbocycles. The number of aldehydes is 1. The SMILES string of the molecule is CCCCOc1cc(C=O)c(Cl)c2c1C(O)=C1C(=O)[C@]3(O)C(=O)c4c(OCCCC)noc4[C@@H](N(C)C)[C@@H]3C[C@@H]1C2. The number of nitrogens with zero attached hydrogens (tertiary/aromatic N) is 2. The molecule has 220 valence electrons. The van der Waals surface area contributed by atoms with Crippen LogP contribution in [0.4, 0.5) is 0 Å². The van der Waals surface area contributed by atoms with Gasteiger partial charge in [0.05, 0.1) is 29.8 Å². The Bertz CT molecular complexity index is 1430. The molecule has 0 unspecified atom stereocenters. The Balaban J connectivity index is 1.65. The van der Waals surface area contributed by atoms with Crippen molar-refractivity contribution in [1.82, 2.24) is 10.1 Å². The quantitative estimate of drug-likeness (QED) is 0.227. The van der Waals surface area contributed by atoms with Crippen molar-refractivity contribution in [1.29, 1.82) is 0 Å². The third-order valence-corrected chi connectivity index (χ3v) is 8.90. The van der Waals surface area contributed by atoms with Crippen molar-refractivity contribution in [3.05, 3.63) is 44.7 Å². The number of fused-ring (bicyclic) bond motifs is 4. The number of aliphatic hydroxyl groups is 2. The highest BCUT2D eigenvalue weighted by Crippen LogP contribution is 2.56. The number of ether oxygens (including phenoxy) is 2. The van der Waals surface area contributed by atoms with Gasteiger partial charge in [0.2, 0.25) is 11.6 Å². The Morgan fingerprint density at radius 2 is 1.83 bits per heavy atom. The Morgan fingerprint density at radius 3 is 2.46 bits per heavy atom. The molecule has 0 bridgehead atoms. The highest BCUT2D eigenvalue weighted by atomic mass is 35.5. The predicted octanol–water partition coefficient (Wildman–Crippen LogP) is 4.76. The van der Waals surface area contributed by atoms with E-state index in [1.54, 1.807) is 19.0 Å². The summed E-state index contributed by atoms with van der Waals surface area (Å²) in [5, 5.41) is 27.9. The van der Waals surface area contributed by atoms with Crippen LogP contribution in [0.2, 0.25) is 5.02 Å². The average molecular weight is 587 g/mol. The molecule has 0 radical (unpaired) electrons. The van der Waals surface area contributed by atoms with Crippen LogP contribution >= 0.6 is 11.6 Å². The second kappa shape index (κ2) is 11.2. The molecule has 5 rings (SSSR count). The second-order valence-corrected chi connectivity index (χ2v) is 11.6. The first-order chi connectivity index (χ1) is 19.6. The van der Waals surface area contributed by atoms with Crippen LogP contribution < -0.4 is 9.47 Å². The summed E-state index contributed by atoms with van der Waals surface area (Å²) in [4.78, 5) is 41.9. The molecular formula is C30H35ClN2O8. The molecule has 1 fully saturated rings. The third-order valence-electron chi connectivity index (χ3n) is 8.46. The van der Waals surface area contributed by atoms with Crippen molar-refractivity contribution in [2.75, 3.05) is 27.3 Å². The van der Waals surface area contributed by atoms with E-state index < -0.39 is 40.8 Å². The maximum atomic E-state index is 14.3. The normalized spacial score (nSPS) is 25.0. The summed E-state index contributed by atoms with van der Waals surface area (Å²) in [6.07, 6.45) is 4.18. The average Bonchev–Trinajstić information content (AvgIpc) is 3.35. The largest absolute Gasteiger partial charge is 0.507 e. The van der Waals surface area contributed by atoms with Gasteiger partial charge in [-0.25, -0.2) is 0 Å². The number of ketones is 2. The minimum atomic E-state index is -2.48. The van der Waals surface area contributed by atoms with Crippen LogP contribution in [0.15, 0.2) is 16.2 Å². The van der Waals surface area contributed by atoms with Gasteiger partial charge in [-0.2, -0.15) is 0 Å². The van der Waals surface area contributed by atoms with E-state index in [0.717, 1.165) is 25.7 Å². The first kappa shape index (κ1) is 29.3. The molecule has 1 aromatic heterocycles. The van der Waals surface area contributed by atoms with E-state index in [1.165, 1.54) is 6.07 Å².